The largest absolute Gasteiger partial charge is 0.318 e. The minimum atomic E-state index is -1.30. The number of hydrogen-bond acceptors (Lipinski definition) is 3. The normalized spacial score (nSPS) is 10.9. The van der Waals surface area contributed by atoms with Gasteiger partial charge < -0.3 is 9.97 Å². The average molecular weight is 720 g/mol. The summed E-state index contributed by atoms with van der Waals surface area (Å²) in [5, 5.41) is 1.48. The predicted molar refractivity (Wildman–Crippen MR) is 167 cm³/mol. The first kappa shape index (κ1) is 31.3. The van der Waals surface area contributed by atoms with Gasteiger partial charge in [0.25, 0.3) is 0 Å². The molecule has 3 heterocycles. The molecule has 0 saturated carbocycles. The summed E-state index contributed by atoms with van der Waals surface area (Å²) in [7, 11) is -1.30. The third kappa shape index (κ3) is 7.91. The van der Waals surface area contributed by atoms with Gasteiger partial charge in [-0.3, -0.25) is 4.98 Å². The average Bonchev–Trinajstić information content (AvgIpc) is 2.97. The first-order chi connectivity index (χ1) is 18.8. The summed E-state index contributed by atoms with van der Waals surface area (Å²) in [6, 6.07) is 32.9. The zero-order chi connectivity index (χ0) is 27.8. The van der Waals surface area contributed by atoms with Crippen LogP contribution in [0.15, 0.2) is 97.5 Å². The predicted octanol–water partition coefficient (Wildman–Crippen LogP) is 8.39. The fraction of sp³-hybridized carbons (Fsp3) is 0.229. The second-order valence-electron chi connectivity index (χ2n) is 10.9. The van der Waals surface area contributed by atoms with E-state index in [1.807, 2.05) is 42.6 Å². The topological polar surface area (TPSA) is 38.7 Å². The molecule has 3 nitrogen and oxygen atoms in total. The zero-order valence-corrected chi connectivity index (χ0v) is 27.6. The first-order valence-electron chi connectivity index (χ1n) is 13.6. The van der Waals surface area contributed by atoms with Crippen LogP contribution in [0.5, 0.6) is 0 Å². The number of aromatic nitrogens is 3. The molecule has 0 atom stereocenters. The fourth-order valence-electron chi connectivity index (χ4n) is 4.55. The molecule has 3 aromatic heterocycles. The fourth-order valence-corrected chi connectivity index (χ4v) is 6.22. The minimum Gasteiger partial charge on any atom is -0.318 e. The zero-order valence-electron chi connectivity index (χ0n) is 24.2. The third-order valence-corrected chi connectivity index (χ3v) is 8.72. The van der Waals surface area contributed by atoms with Gasteiger partial charge in [0.15, 0.2) is 0 Å². The maximum absolute atomic E-state index is 4.63. The van der Waals surface area contributed by atoms with Crippen molar-refractivity contribution in [2.45, 2.75) is 52.8 Å². The Morgan fingerprint density at radius 2 is 1.48 bits per heavy atom. The van der Waals surface area contributed by atoms with Crippen LogP contribution >= 0.6 is 0 Å². The molecule has 5 heteroatoms. The molecule has 5 aromatic rings. The van der Waals surface area contributed by atoms with Crippen LogP contribution in [0.1, 0.15) is 37.8 Å². The van der Waals surface area contributed by atoms with Crippen molar-refractivity contribution in [3.05, 3.63) is 121 Å². The van der Waals surface area contributed by atoms with Crippen LogP contribution in [0.25, 0.3) is 33.8 Å². The Morgan fingerprint density at radius 1 is 0.775 bits per heavy atom. The van der Waals surface area contributed by atoms with Crippen molar-refractivity contribution in [3.63, 3.8) is 0 Å². The molecule has 0 fully saturated rings. The third-order valence-electron chi connectivity index (χ3n) is 6.65. The molecule has 0 aliphatic rings. The first-order valence-corrected chi connectivity index (χ1v) is 17.1. The van der Waals surface area contributed by atoms with Crippen LogP contribution < -0.4 is 5.19 Å². The van der Waals surface area contributed by atoms with Gasteiger partial charge in [-0.15, -0.1) is 42.0 Å². The molecule has 0 N–H and O–H groups in total. The second kappa shape index (κ2) is 14.4. The van der Waals surface area contributed by atoms with Crippen LogP contribution in [0.3, 0.4) is 0 Å². The Kier molecular flexibility index (Phi) is 11.3. The second-order valence-corrected chi connectivity index (χ2v) is 16.0. The summed E-state index contributed by atoms with van der Waals surface area (Å²) in [4.78, 5) is 13.5. The van der Waals surface area contributed by atoms with Crippen LogP contribution in [0, 0.1) is 12.1 Å². The molecule has 0 bridgehead atoms. The van der Waals surface area contributed by atoms with E-state index in [1.165, 1.54) is 27.4 Å². The van der Waals surface area contributed by atoms with E-state index in [2.05, 4.69) is 116 Å². The maximum Gasteiger partial charge on any atom is 0.0798 e. The molecule has 0 unspecified atom stereocenters. The number of hydrogen-bond donors (Lipinski definition) is 0. The van der Waals surface area contributed by atoms with Crippen molar-refractivity contribution in [1.82, 2.24) is 15.0 Å². The summed E-state index contributed by atoms with van der Waals surface area (Å²) >= 11 is 0. The van der Waals surface area contributed by atoms with Crippen LogP contribution in [0.4, 0.5) is 0 Å². The molecule has 2 aromatic carbocycles. The van der Waals surface area contributed by atoms with Gasteiger partial charge in [-0.05, 0) is 57.5 Å². The van der Waals surface area contributed by atoms with Crippen molar-refractivity contribution in [2.24, 2.45) is 0 Å². The smallest absolute Gasteiger partial charge is 0.0798 e. The van der Waals surface area contributed by atoms with E-state index < -0.39 is 8.07 Å². The quantitative estimate of drug-likeness (QED) is 0.131. The summed E-state index contributed by atoms with van der Waals surface area (Å²) in [6.07, 6.45) is 6.89. The molecular weight excluding hydrogens is 683 g/mol. The molecule has 0 saturated heterocycles. The van der Waals surface area contributed by atoms with Crippen molar-refractivity contribution in [2.75, 3.05) is 0 Å². The van der Waals surface area contributed by atoms with E-state index in [9.17, 15) is 0 Å². The summed E-state index contributed by atoms with van der Waals surface area (Å²) in [5.41, 5.74) is 8.88. The number of pyridine rings is 3. The Morgan fingerprint density at radius 3 is 2.08 bits per heavy atom. The van der Waals surface area contributed by atoms with Crippen LogP contribution in [-0.2, 0) is 26.5 Å². The van der Waals surface area contributed by atoms with Gasteiger partial charge in [0.2, 0.25) is 0 Å². The number of benzene rings is 2. The van der Waals surface area contributed by atoms with E-state index in [0.29, 0.717) is 5.92 Å². The number of rotatable bonds is 6. The molecule has 0 amide bonds. The molecule has 40 heavy (non-hydrogen) atoms. The Bertz CT molecular complexity index is 1480. The van der Waals surface area contributed by atoms with Crippen molar-refractivity contribution >= 4 is 13.3 Å². The molecule has 1 radical (unpaired) electrons. The van der Waals surface area contributed by atoms with E-state index in [0.717, 1.165) is 29.1 Å². The summed E-state index contributed by atoms with van der Waals surface area (Å²) < 4.78 is 0. The van der Waals surface area contributed by atoms with E-state index in [-0.39, 0.29) is 20.1 Å². The number of aryl methyl sites for hydroxylation is 1. The van der Waals surface area contributed by atoms with Crippen molar-refractivity contribution in [3.8, 4) is 33.8 Å². The Hall–Kier alpha value is -3.24. The SMILES string of the molecule is CC(C)c1cnc(-c2[c-]cccn2)cc1-c1ccccc1.CCc1cc(-c2[c-]cccc2)ncc1[Si](C)(C)C.[Ir]. The minimum absolute atomic E-state index is 0. The van der Waals surface area contributed by atoms with Gasteiger partial charge in [0.05, 0.1) is 8.07 Å². The van der Waals surface area contributed by atoms with E-state index in [1.54, 1.807) is 6.20 Å². The monoisotopic (exact) mass is 720 g/mol. The van der Waals surface area contributed by atoms with E-state index >= 15 is 0 Å². The van der Waals surface area contributed by atoms with Crippen molar-refractivity contribution < 1.29 is 20.1 Å². The van der Waals surface area contributed by atoms with Gasteiger partial charge in [-0.2, -0.15) is 12.1 Å². The van der Waals surface area contributed by atoms with Gasteiger partial charge in [0, 0.05) is 32.5 Å². The summed E-state index contributed by atoms with van der Waals surface area (Å²) in [5.74, 6) is 0.425. The molecule has 207 valence electrons. The van der Waals surface area contributed by atoms with Crippen LogP contribution in [-0.4, -0.2) is 23.0 Å². The molecular formula is C35H37IrN3Si-2. The van der Waals surface area contributed by atoms with Crippen LogP contribution in [0.2, 0.25) is 19.6 Å². The van der Waals surface area contributed by atoms with Gasteiger partial charge in [-0.1, -0.05) is 88.4 Å². The standard InChI is InChI=1S/C19H17N2.C16H20NSi.Ir/c1-14(2)17-13-21-19(18-10-6-7-11-20-18)12-16(17)15-8-4-3-5-9-15;1-5-13-11-15(14-9-7-6-8-10-14)17-12-16(13)18(2,3)4;/h3-9,11-14H,1-2H3;6-9,11-12H,5H2,1-4H3;/q2*-1;. The Balaban J connectivity index is 0.000000218. The maximum atomic E-state index is 4.63. The van der Waals surface area contributed by atoms with Crippen molar-refractivity contribution in [1.29, 1.82) is 0 Å². The van der Waals surface area contributed by atoms with Gasteiger partial charge in [0.1, 0.15) is 0 Å². The molecule has 5 rings (SSSR count). The number of nitrogens with zero attached hydrogens (tertiary/aromatic N) is 3. The summed E-state index contributed by atoms with van der Waals surface area (Å²) in [6.45, 7) is 13.7. The molecule has 0 aliphatic carbocycles. The van der Waals surface area contributed by atoms with E-state index in [4.69, 9.17) is 0 Å². The molecule has 0 spiro atoms. The Labute approximate surface area is 254 Å². The van der Waals surface area contributed by atoms with Gasteiger partial charge in [-0.25, -0.2) is 0 Å². The molecule has 0 aliphatic heterocycles. The van der Waals surface area contributed by atoms with Gasteiger partial charge >= 0.3 is 0 Å².